The molecule has 188 valence electrons. The van der Waals surface area contributed by atoms with Crippen molar-refractivity contribution in [3.8, 4) is 0 Å². The number of nitrogens with one attached hydrogen (secondary N) is 1. The zero-order valence-corrected chi connectivity index (χ0v) is 21.5. The van der Waals surface area contributed by atoms with Crippen molar-refractivity contribution in [2.45, 2.75) is 123 Å². The van der Waals surface area contributed by atoms with Crippen LogP contribution in [0.25, 0.3) is 0 Å². The number of anilines is 1. The van der Waals surface area contributed by atoms with E-state index in [1.165, 1.54) is 77.0 Å². The van der Waals surface area contributed by atoms with Crippen LogP contribution in [0.2, 0.25) is 0 Å². The first-order valence-corrected chi connectivity index (χ1v) is 13.2. The monoisotopic (exact) mass is 460 g/mol. The Morgan fingerprint density at radius 1 is 0.818 bits per heavy atom. The second-order valence-electron chi connectivity index (χ2n) is 9.77. The van der Waals surface area contributed by atoms with E-state index in [4.69, 9.17) is 10.5 Å². The quantitative estimate of drug-likeness (QED) is 0.168. The van der Waals surface area contributed by atoms with Crippen molar-refractivity contribution in [1.29, 1.82) is 0 Å². The van der Waals surface area contributed by atoms with E-state index in [9.17, 15) is 9.59 Å². The molecule has 0 fully saturated rings. The molecule has 0 radical (unpaired) electrons. The molecule has 3 N–H and O–H groups in total. The Hall–Kier alpha value is -2.04. The molecule has 1 amide bonds. The van der Waals surface area contributed by atoms with Gasteiger partial charge in [0, 0.05) is 11.7 Å². The lowest BCUT2D eigenvalue weighted by atomic mass is 10.0. The Morgan fingerprint density at radius 3 is 1.76 bits per heavy atom. The summed E-state index contributed by atoms with van der Waals surface area (Å²) >= 11 is 0. The SMILES string of the molecule is CCCCCCCCCCCCCCC(C)Nc1ccc(C(=O)OC(C(N)=O)C(C)C)cc1. The average Bonchev–Trinajstić information content (AvgIpc) is 2.78. The van der Waals surface area contributed by atoms with Crippen LogP contribution in [0.4, 0.5) is 5.69 Å². The van der Waals surface area contributed by atoms with Gasteiger partial charge in [0.1, 0.15) is 0 Å². The lowest BCUT2D eigenvalue weighted by Gasteiger charge is -2.18. The maximum atomic E-state index is 12.3. The minimum atomic E-state index is -0.911. The third-order valence-electron chi connectivity index (χ3n) is 6.14. The number of carbonyl (C=O) groups is 2. The van der Waals surface area contributed by atoms with E-state index >= 15 is 0 Å². The Bertz CT molecular complexity index is 658. The second kappa shape index (κ2) is 17.4. The number of benzene rings is 1. The van der Waals surface area contributed by atoms with Crippen LogP contribution in [0.1, 0.15) is 122 Å². The van der Waals surface area contributed by atoms with E-state index in [0.717, 1.165) is 12.1 Å². The van der Waals surface area contributed by atoms with Crippen molar-refractivity contribution in [1.82, 2.24) is 0 Å². The maximum absolute atomic E-state index is 12.3. The number of ether oxygens (including phenoxy) is 1. The number of hydrogen-bond donors (Lipinski definition) is 2. The summed E-state index contributed by atoms with van der Waals surface area (Å²) in [5.74, 6) is -1.31. The van der Waals surface area contributed by atoms with Gasteiger partial charge >= 0.3 is 5.97 Å². The van der Waals surface area contributed by atoms with E-state index < -0.39 is 18.0 Å². The molecule has 0 spiro atoms. The molecular weight excluding hydrogens is 412 g/mol. The summed E-state index contributed by atoms with van der Waals surface area (Å²) in [6.07, 6.45) is 16.6. The predicted octanol–water partition coefficient (Wildman–Crippen LogP) is 7.24. The molecule has 5 heteroatoms. The minimum absolute atomic E-state index is 0.159. The smallest absolute Gasteiger partial charge is 0.338 e. The van der Waals surface area contributed by atoms with Gasteiger partial charge < -0.3 is 15.8 Å². The van der Waals surface area contributed by atoms with Crippen molar-refractivity contribution in [3.05, 3.63) is 29.8 Å². The highest BCUT2D eigenvalue weighted by Gasteiger charge is 2.24. The van der Waals surface area contributed by atoms with Crippen LogP contribution in [0.3, 0.4) is 0 Å². The van der Waals surface area contributed by atoms with E-state index in [1.807, 2.05) is 12.1 Å². The summed E-state index contributed by atoms with van der Waals surface area (Å²) < 4.78 is 5.27. The molecule has 0 aliphatic carbocycles. The van der Waals surface area contributed by atoms with E-state index in [1.54, 1.807) is 26.0 Å². The zero-order chi connectivity index (χ0) is 24.5. The van der Waals surface area contributed by atoms with Crippen molar-refractivity contribution in [2.24, 2.45) is 11.7 Å². The van der Waals surface area contributed by atoms with Crippen molar-refractivity contribution < 1.29 is 14.3 Å². The largest absolute Gasteiger partial charge is 0.448 e. The second-order valence-corrected chi connectivity index (χ2v) is 9.77. The van der Waals surface area contributed by atoms with Crippen molar-refractivity contribution in [2.75, 3.05) is 5.32 Å². The first-order chi connectivity index (χ1) is 15.8. The van der Waals surface area contributed by atoms with Crippen molar-refractivity contribution >= 4 is 17.6 Å². The molecule has 1 aromatic carbocycles. The van der Waals surface area contributed by atoms with Gasteiger partial charge in [-0.2, -0.15) is 0 Å². The van der Waals surface area contributed by atoms with Gasteiger partial charge in [0.05, 0.1) is 5.56 Å². The van der Waals surface area contributed by atoms with Gasteiger partial charge in [-0.3, -0.25) is 4.79 Å². The van der Waals surface area contributed by atoms with Gasteiger partial charge in [-0.1, -0.05) is 97.8 Å². The first-order valence-electron chi connectivity index (χ1n) is 13.2. The molecule has 2 unspecified atom stereocenters. The minimum Gasteiger partial charge on any atom is -0.448 e. The van der Waals surface area contributed by atoms with E-state index in [2.05, 4.69) is 19.2 Å². The fourth-order valence-electron chi connectivity index (χ4n) is 4.06. The Kier molecular flexibility index (Phi) is 15.3. The highest BCUT2D eigenvalue weighted by atomic mass is 16.5. The number of carbonyl (C=O) groups excluding carboxylic acids is 2. The zero-order valence-electron chi connectivity index (χ0n) is 21.5. The van der Waals surface area contributed by atoms with Crippen LogP contribution in [0.15, 0.2) is 24.3 Å². The summed E-state index contributed by atoms with van der Waals surface area (Å²) in [4.78, 5) is 23.7. The van der Waals surface area contributed by atoms with Gasteiger partial charge in [-0.05, 0) is 43.5 Å². The van der Waals surface area contributed by atoms with Crippen LogP contribution in [0.5, 0.6) is 0 Å². The van der Waals surface area contributed by atoms with Crippen LogP contribution in [0, 0.1) is 5.92 Å². The molecule has 5 nitrogen and oxygen atoms in total. The maximum Gasteiger partial charge on any atom is 0.338 e. The molecular formula is C28H48N2O3. The lowest BCUT2D eigenvalue weighted by Crippen LogP contribution is -2.37. The summed E-state index contributed by atoms with van der Waals surface area (Å²) in [6, 6.07) is 7.58. The van der Waals surface area contributed by atoms with Gasteiger partial charge in [0.15, 0.2) is 6.10 Å². The number of unbranched alkanes of at least 4 members (excludes halogenated alkanes) is 11. The molecule has 0 saturated carbocycles. The molecule has 1 aromatic rings. The molecule has 0 bridgehead atoms. The molecule has 0 saturated heterocycles. The standard InChI is InChI=1S/C28H48N2O3/c1-5-6-7-8-9-10-11-12-13-14-15-16-17-23(4)30-25-20-18-24(19-21-25)28(32)33-26(22(2)3)27(29)31/h18-23,26,30H,5-17H2,1-4H3,(H2,29,31). The van der Waals surface area contributed by atoms with Gasteiger partial charge in [0.2, 0.25) is 0 Å². The first kappa shape index (κ1) is 29.0. The van der Waals surface area contributed by atoms with Gasteiger partial charge in [0.25, 0.3) is 5.91 Å². The number of nitrogens with two attached hydrogens (primary N) is 1. The summed E-state index contributed by atoms with van der Waals surface area (Å²) in [5.41, 5.74) is 6.72. The number of amides is 1. The molecule has 0 aliphatic rings. The fourth-order valence-corrected chi connectivity index (χ4v) is 4.06. The topological polar surface area (TPSA) is 81.4 Å². The van der Waals surface area contributed by atoms with Crippen LogP contribution in [-0.2, 0) is 9.53 Å². The van der Waals surface area contributed by atoms with Crippen LogP contribution < -0.4 is 11.1 Å². The molecule has 2 atom stereocenters. The molecule has 0 heterocycles. The van der Waals surface area contributed by atoms with E-state index in [0.29, 0.717) is 11.6 Å². The molecule has 0 aliphatic heterocycles. The van der Waals surface area contributed by atoms with Gasteiger partial charge in [-0.25, -0.2) is 4.79 Å². The fraction of sp³-hybridized carbons (Fsp3) is 0.714. The third kappa shape index (κ3) is 13.3. The Balaban J connectivity index is 2.17. The van der Waals surface area contributed by atoms with E-state index in [-0.39, 0.29) is 5.92 Å². The van der Waals surface area contributed by atoms with Gasteiger partial charge in [-0.15, -0.1) is 0 Å². The molecule has 1 rings (SSSR count). The number of esters is 1. The molecule has 33 heavy (non-hydrogen) atoms. The Labute approximate surface area is 202 Å². The highest BCUT2D eigenvalue weighted by molar-refractivity contribution is 5.92. The summed E-state index contributed by atoms with van der Waals surface area (Å²) in [5, 5.41) is 3.50. The number of rotatable bonds is 19. The molecule has 0 aromatic heterocycles. The number of primary amides is 1. The predicted molar refractivity (Wildman–Crippen MR) is 138 cm³/mol. The average molecular weight is 461 g/mol. The highest BCUT2D eigenvalue weighted by Crippen LogP contribution is 2.17. The van der Waals surface area contributed by atoms with Crippen molar-refractivity contribution in [3.63, 3.8) is 0 Å². The lowest BCUT2D eigenvalue weighted by molar-refractivity contribution is -0.128. The summed E-state index contributed by atoms with van der Waals surface area (Å²) in [6.45, 7) is 8.06. The van der Waals surface area contributed by atoms with Crippen LogP contribution in [-0.4, -0.2) is 24.0 Å². The summed E-state index contributed by atoms with van der Waals surface area (Å²) in [7, 11) is 0. The normalized spacial score (nSPS) is 13.0. The van der Waals surface area contributed by atoms with Crippen LogP contribution >= 0.6 is 0 Å². The number of hydrogen-bond acceptors (Lipinski definition) is 4. The third-order valence-corrected chi connectivity index (χ3v) is 6.14. The Morgan fingerprint density at radius 2 is 1.30 bits per heavy atom.